The number of carboxylic acids is 1. The summed E-state index contributed by atoms with van der Waals surface area (Å²) in [5.74, 6) is -0.185. The molecule has 0 saturated heterocycles. The summed E-state index contributed by atoms with van der Waals surface area (Å²) in [6.07, 6.45) is 7.71. The van der Waals surface area contributed by atoms with E-state index in [0.717, 1.165) is 28.2 Å². The minimum Gasteiger partial charge on any atom is -0.493 e. The molecule has 1 N–H and O–H groups in total. The van der Waals surface area contributed by atoms with Crippen molar-refractivity contribution >= 4 is 28.4 Å². The molecule has 0 aliphatic heterocycles. The van der Waals surface area contributed by atoms with E-state index in [-0.39, 0.29) is 29.5 Å². The summed E-state index contributed by atoms with van der Waals surface area (Å²) in [7, 11) is 0. The second kappa shape index (κ2) is 12.1. The fourth-order valence-electron chi connectivity index (χ4n) is 3.38. The standard InChI is InChI=1S/C27H34O5S/c1-7-8-18(2)33-19(3)22-13-23(26(29)30)15-25(14-22)31-16-21-10-9-20(11-21)12-24(28)17-32-27(4,5)6/h7-9,13-15,21H,1,3,10-12,16-17H2,2,4-6H3,(H,29,30)/b18-8-. The summed E-state index contributed by atoms with van der Waals surface area (Å²) in [6, 6.07) is 4.96. The van der Waals surface area contributed by atoms with E-state index >= 15 is 0 Å². The zero-order valence-corrected chi connectivity index (χ0v) is 20.8. The molecule has 0 spiro atoms. The van der Waals surface area contributed by atoms with Gasteiger partial charge in [-0.3, -0.25) is 4.79 Å². The molecule has 0 heterocycles. The Balaban J connectivity index is 1.95. The Hall–Kier alpha value is -2.57. The predicted molar refractivity (Wildman–Crippen MR) is 136 cm³/mol. The molecule has 0 saturated carbocycles. The molecule has 0 amide bonds. The van der Waals surface area contributed by atoms with Gasteiger partial charge in [0, 0.05) is 17.2 Å². The molecule has 1 aliphatic rings. The first kappa shape index (κ1) is 26.7. The lowest BCUT2D eigenvalue weighted by Crippen LogP contribution is -2.23. The topological polar surface area (TPSA) is 72.8 Å². The first-order valence-electron chi connectivity index (χ1n) is 11.0. The van der Waals surface area contributed by atoms with Crippen molar-refractivity contribution in [1.29, 1.82) is 0 Å². The van der Waals surface area contributed by atoms with Gasteiger partial charge in [-0.1, -0.05) is 48.7 Å². The monoisotopic (exact) mass is 470 g/mol. The molecule has 0 radical (unpaired) electrons. The molecule has 33 heavy (non-hydrogen) atoms. The molecule has 1 atom stereocenters. The van der Waals surface area contributed by atoms with Gasteiger partial charge in [-0.25, -0.2) is 4.79 Å². The van der Waals surface area contributed by atoms with Crippen molar-refractivity contribution in [2.45, 2.75) is 52.6 Å². The van der Waals surface area contributed by atoms with Crippen molar-refractivity contribution in [3.8, 4) is 5.75 Å². The number of thioether (sulfide) groups is 1. The maximum absolute atomic E-state index is 12.2. The summed E-state index contributed by atoms with van der Waals surface area (Å²) in [6.45, 7) is 16.1. The number of aromatic carboxylic acids is 1. The van der Waals surface area contributed by atoms with Gasteiger partial charge >= 0.3 is 5.97 Å². The van der Waals surface area contributed by atoms with Gasteiger partial charge in [0.05, 0.1) is 17.8 Å². The van der Waals surface area contributed by atoms with Crippen molar-refractivity contribution in [2.24, 2.45) is 5.92 Å². The molecule has 0 bridgehead atoms. The van der Waals surface area contributed by atoms with E-state index in [1.165, 1.54) is 17.8 Å². The third-order valence-electron chi connectivity index (χ3n) is 4.98. The molecule has 0 aromatic heterocycles. The Morgan fingerprint density at radius 2 is 1.94 bits per heavy atom. The molecule has 1 aromatic carbocycles. The van der Waals surface area contributed by atoms with Crippen LogP contribution in [0.1, 0.15) is 62.9 Å². The third-order valence-corrected chi connectivity index (χ3v) is 5.92. The Labute approximate surface area is 201 Å². The summed E-state index contributed by atoms with van der Waals surface area (Å²) >= 11 is 1.46. The van der Waals surface area contributed by atoms with Crippen LogP contribution in [0.3, 0.4) is 0 Å². The minimum atomic E-state index is -1.02. The van der Waals surface area contributed by atoms with Crippen LogP contribution in [0.4, 0.5) is 0 Å². The number of hydrogen-bond donors (Lipinski definition) is 1. The maximum Gasteiger partial charge on any atom is 0.335 e. The van der Waals surface area contributed by atoms with Crippen LogP contribution in [0.5, 0.6) is 5.75 Å². The van der Waals surface area contributed by atoms with Crippen molar-refractivity contribution in [3.63, 3.8) is 0 Å². The average molecular weight is 471 g/mol. The Morgan fingerprint density at radius 3 is 2.58 bits per heavy atom. The van der Waals surface area contributed by atoms with E-state index in [0.29, 0.717) is 24.3 Å². The van der Waals surface area contributed by atoms with E-state index < -0.39 is 5.97 Å². The van der Waals surface area contributed by atoms with Crippen LogP contribution in [0.2, 0.25) is 0 Å². The number of rotatable bonds is 12. The fraction of sp³-hybridized carbons (Fsp3) is 0.407. The molecule has 0 fully saturated rings. The largest absolute Gasteiger partial charge is 0.493 e. The second-order valence-corrected chi connectivity index (χ2v) is 10.5. The first-order valence-corrected chi connectivity index (χ1v) is 11.8. The number of carbonyl (C=O) groups is 2. The van der Waals surface area contributed by atoms with Crippen LogP contribution in [0.15, 0.2) is 60.1 Å². The number of benzene rings is 1. The van der Waals surface area contributed by atoms with Gasteiger partial charge in [-0.05, 0) is 69.2 Å². The number of carbonyl (C=O) groups excluding carboxylic acids is 1. The fourth-order valence-corrected chi connectivity index (χ4v) is 4.17. The molecule has 2 rings (SSSR count). The zero-order chi connectivity index (χ0) is 24.6. The van der Waals surface area contributed by atoms with E-state index in [2.05, 4.69) is 19.2 Å². The van der Waals surface area contributed by atoms with Gasteiger partial charge < -0.3 is 14.6 Å². The Bertz CT molecular complexity index is 965. The van der Waals surface area contributed by atoms with Gasteiger partial charge in [-0.15, -0.1) is 0 Å². The number of ether oxygens (including phenoxy) is 2. The van der Waals surface area contributed by atoms with Crippen LogP contribution in [0, 0.1) is 5.92 Å². The van der Waals surface area contributed by atoms with Crippen LogP contribution >= 0.6 is 11.8 Å². The van der Waals surface area contributed by atoms with Gasteiger partial charge in [0.25, 0.3) is 0 Å². The quantitative estimate of drug-likeness (QED) is 0.272. The Kier molecular flexibility index (Phi) is 9.74. The number of Topliss-reactive ketones (excluding diaryl/α,β-unsaturated/α-hetero) is 1. The Morgan fingerprint density at radius 1 is 1.24 bits per heavy atom. The van der Waals surface area contributed by atoms with Gasteiger partial charge in [-0.2, -0.15) is 0 Å². The molecule has 1 aliphatic carbocycles. The van der Waals surface area contributed by atoms with Gasteiger partial charge in [0.1, 0.15) is 12.4 Å². The van der Waals surface area contributed by atoms with Crippen molar-refractivity contribution in [2.75, 3.05) is 13.2 Å². The number of ketones is 1. The van der Waals surface area contributed by atoms with Crippen LogP contribution in [0.25, 0.3) is 4.91 Å². The van der Waals surface area contributed by atoms with Crippen LogP contribution in [-0.2, 0) is 9.53 Å². The van der Waals surface area contributed by atoms with Gasteiger partial charge in [0.2, 0.25) is 0 Å². The van der Waals surface area contributed by atoms with E-state index in [4.69, 9.17) is 9.47 Å². The first-order chi connectivity index (χ1) is 15.5. The lowest BCUT2D eigenvalue weighted by molar-refractivity contribution is -0.127. The molecular formula is C27H34O5S. The van der Waals surface area contributed by atoms with Crippen molar-refractivity contribution < 1.29 is 24.2 Å². The van der Waals surface area contributed by atoms with E-state index in [1.54, 1.807) is 12.1 Å². The normalized spacial score (nSPS) is 16.3. The smallest absolute Gasteiger partial charge is 0.335 e. The number of hydrogen-bond acceptors (Lipinski definition) is 5. The summed E-state index contributed by atoms with van der Waals surface area (Å²) in [4.78, 5) is 25.5. The second-order valence-electron chi connectivity index (χ2n) is 9.19. The molecule has 6 heteroatoms. The van der Waals surface area contributed by atoms with Crippen LogP contribution in [-0.4, -0.2) is 35.7 Å². The lowest BCUT2D eigenvalue weighted by atomic mass is 10.0. The van der Waals surface area contributed by atoms with Crippen LogP contribution < -0.4 is 4.74 Å². The maximum atomic E-state index is 12.2. The van der Waals surface area contributed by atoms with E-state index in [9.17, 15) is 14.7 Å². The third kappa shape index (κ3) is 9.44. The SMILES string of the molecule is C=C/C=C(/C)SC(=C)c1cc(OCC2CC=C(CC(=O)COC(C)(C)C)C2)cc(C(=O)O)c1. The summed E-state index contributed by atoms with van der Waals surface area (Å²) in [5.41, 5.74) is 1.65. The van der Waals surface area contributed by atoms with Crippen molar-refractivity contribution in [1.82, 2.24) is 0 Å². The lowest BCUT2D eigenvalue weighted by Gasteiger charge is -2.19. The van der Waals surface area contributed by atoms with E-state index in [1.807, 2.05) is 39.8 Å². The summed E-state index contributed by atoms with van der Waals surface area (Å²) in [5, 5.41) is 9.51. The molecule has 178 valence electrons. The highest BCUT2D eigenvalue weighted by Crippen LogP contribution is 2.35. The summed E-state index contributed by atoms with van der Waals surface area (Å²) < 4.78 is 11.5. The predicted octanol–water partition coefficient (Wildman–Crippen LogP) is 6.67. The van der Waals surface area contributed by atoms with Gasteiger partial charge in [0.15, 0.2) is 5.78 Å². The number of carboxylic acid groups (broad SMARTS) is 1. The van der Waals surface area contributed by atoms with Crippen molar-refractivity contribution in [3.05, 3.63) is 71.2 Å². The molecule has 1 aromatic rings. The zero-order valence-electron chi connectivity index (χ0n) is 20.0. The number of allylic oxidation sites excluding steroid dienone is 5. The minimum absolute atomic E-state index is 0.0772. The highest BCUT2D eigenvalue weighted by Gasteiger charge is 2.21. The average Bonchev–Trinajstić information content (AvgIpc) is 3.17. The molecule has 1 unspecified atom stereocenters. The highest BCUT2D eigenvalue weighted by molar-refractivity contribution is 8.11. The molecule has 5 nitrogen and oxygen atoms in total. The molecular weight excluding hydrogens is 436 g/mol. The highest BCUT2D eigenvalue weighted by atomic mass is 32.2.